The van der Waals surface area contributed by atoms with E-state index < -0.39 is 17.4 Å². The molecule has 0 saturated carbocycles. The van der Waals surface area contributed by atoms with Crippen LogP contribution in [-0.2, 0) is 21.6 Å². The van der Waals surface area contributed by atoms with Crippen molar-refractivity contribution in [2.45, 2.75) is 24.9 Å². The number of carbonyl (C=O) groups excluding carboxylic acids is 2. The van der Waals surface area contributed by atoms with Crippen LogP contribution in [0.15, 0.2) is 29.6 Å². The quantitative estimate of drug-likeness (QED) is 0.696. The van der Waals surface area contributed by atoms with Gasteiger partial charge in [-0.2, -0.15) is 0 Å². The van der Waals surface area contributed by atoms with E-state index in [-0.39, 0.29) is 6.54 Å². The second-order valence-corrected chi connectivity index (χ2v) is 7.56. The van der Waals surface area contributed by atoms with Crippen LogP contribution < -0.4 is 15.4 Å². The van der Waals surface area contributed by atoms with Gasteiger partial charge in [-0.15, -0.1) is 11.3 Å². The van der Waals surface area contributed by atoms with Gasteiger partial charge in [0.15, 0.2) is 0 Å². The van der Waals surface area contributed by atoms with Gasteiger partial charge in [0.25, 0.3) is 0 Å². The van der Waals surface area contributed by atoms with Crippen LogP contribution in [0.4, 0.5) is 5.69 Å². The van der Waals surface area contributed by atoms with E-state index in [2.05, 4.69) is 10.6 Å². The highest BCUT2D eigenvalue weighted by atomic mass is 35.5. The molecule has 1 aromatic heterocycles. The monoisotopic (exact) mass is 394 g/mol. The molecule has 0 radical (unpaired) electrons. The van der Waals surface area contributed by atoms with Gasteiger partial charge in [0.05, 0.1) is 19.3 Å². The molecule has 0 bridgehead atoms. The van der Waals surface area contributed by atoms with E-state index >= 15 is 0 Å². The number of rotatable bonds is 4. The van der Waals surface area contributed by atoms with E-state index in [0.29, 0.717) is 22.9 Å². The van der Waals surface area contributed by atoms with Gasteiger partial charge in [-0.3, -0.25) is 9.59 Å². The average molecular weight is 395 g/mol. The largest absolute Gasteiger partial charge is 0.495 e. The average Bonchev–Trinajstić information content (AvgIpc) is 3.10. The molecule has 1 aromatic carbocycles. The van der Waals surface area contributed by atoms with Crippen molar-refractivity contribution in [2.75, 3.05) is 19.0 Å². The number of fused-ring (bicyclic) bond motifs is 1. The van der Waals surface area contributed by atoms with Crippen LogP contribution in [0, 0.1) is 0 Å². The zero-order valence-corrected chi connectivity index (χ0v) is 15.7. The fourth-order valence-electron chi connectivity index (χ4n) is 3.07. The fourth-order valence-corrected chi connectivity index (χ4v) is 4.26. The van der Waals surface area contributed by atoms with Crippen LogP contribution in [0.2, 0.25) is 5.02 Å². The lowest BCUT2D eigenvalue weighted by molar-refractivity contribution is -0.137. The van der Waals surface area contributed by atoms with Crippen molar-refractivity contribution >= 4 is 40.4 Å². The predicted octanol–water partition coefficient (Wildman–Crippen LogP) is 2.69. The fraction of sp³-hybridized carbons (Fsp3) is 0.333. The first-order valence-electron chi connectivity index (χ1n) is 8.15. The standard InChI is InChI=1S/C18H19ClN2O4S/c1-25-14-5-4-11(19)9-13(14)21-17(23)16(22)20-10-18(24)7-2-3-15-12(18)6-8-26-15/h4-6,8-9,24H,2-3,7,10H2,1H3,(H,20,22)(H,21,23). The molecule has 0 aliphatic heterocycles. The molecular formula is C18H19ClN2O4S. The number of nitrogens with one attached hydrogen (secondary N) is 2. The Bertz CT molecular complexity index is 838. The second kappa shape index (κ2) is 7.65. The topological polar surface area (TPSA) is 87.7 Å². The van der Waals surface area contributed by atoms with Crippen LogP contribution in [0.5, 0.6) is 5.75 Å². The molecular weight excluding hydrogens is 376 g/mol. The number of aliphatic hydroxyl groups is 1. The Hall–Kier alpha value is -2.09. The number of hydrogen-bond acceptors (Lipinski definition) is 5. The van der Waals surface area contributed by atoms with Gasteiger partial charge < -0.3 is 20.5 Å². The summed E-state index contributed by atoms with van der Waals surface area (Å²) in [5.74, 6) is -1.29. The molecule has 0 saturated heterocycles. The normalized spacial score (nSPS) is 18.7. The highest BCUT2D eigenvalue weighted by Crippen LogP contribution is 2.37. The van der Waals surface area contributed by atoms with E-state index in [1.807, 2.05) is 11.4 Å². The van der Waals surface area contributed by atoms with Crippen molar-refractivity contribution in [3.05, 3.63) is 45.1 Å². The second-order valence-electron chi connectivity index (χ2n) is 6.12. The van der Waals surface area contributed by atoms with Crippen LogP contribution in [-0.4, -0.2) is 30.6 Å². The summed E-state index contributed by atoms with van der Waals surface area (Å²) in [5, 5.41) is 18.2. The molecule has 26 heavy (non-hydrogen) atoms. The molecule has 1 unspecified atom stereocenters. The number of aryl methyl sites for hydroxylation is 1. The van der Waals surface area contributed by atoms with Gasteiger partial charge in [-0.1, -0.05) is 11.6 Å². The summed E-state index contributed by atoms with van der Waals surface area (Å²) < 4.78 is 5.14. The molecule has 8 heteroatoms. The minimum absolute atomic E-state index is 0.0182. The zero-order valence-electron chi connectivity index (χ0n) is 14.2. The van der Waals surface area contributed by atoms with Crippen molar-refractivity contribution in [1.29, 1.82) is 0 Å². The molecule has 0 spiro atoms. The molecule has 3 rings (SSSR count). The Morgan fingerprint density at radius 2 is 2.15 bits per heavy atom. The smallest absolute Gasteiger partial charge is 0.313 e. The number of hydrogen-bond donors (Lipinski definition) is 3. The molecule has 1 aliphatic rings. The maximum absolute atomic E-state index is 12.2. The van der Waals surface area contributed by atoms with Gasteiger partial charge in [0.1, 0.15) is 11.4 Å². The minimum Gasteiger partial charge on any atom is -0.495 e. The number of ether oxygens (including phenoxy) is 1. The van der Waals surface area contributed by atoms with E-state index in [9.17, 15) is 14.7 Å². The lowest BCUT2D eigenvalue weighted by atomic mass is 9.83. The molecule has 3 N–H and O–H groups in total. The molecule has 1 atom stereocenters. The number of halogens is 1. The highest BCUT2D eigenvalue weighted by molar-refractivity contribution is 7.10. The Morgan fingerprint density at radius 3 is 2.92 bits per heavy atom. The SMILES string of the molecule is COc1ccc(Cl)cc1NC(=O)C(=O)NCC1(O)CCCc2sccc21. The molecule has 0 fully saturated rings. The summed E-state index contributed by atoms with van der Waals surface area (Å²) in [5.41, 5.74) is -0.000286. The molecule has 1 aliphatic carbocycles. The molecule has 6 nitrogen and oxygen atoms in total. The Morgan fingerprint density at radius 1 is 1.35 bits per heavy atom. The van der Waals surface area contributed by atoms with Crippen LogP contribution >= 0.6 is 22.9 Å². The molecule has 2 amide bonds. The van der Waals surface area contributed by atoms with Crippen LogP contribution in [0.25, 0.3) is 0 Å². The summed E-state index contributed by atoms with van der Waals surface area (Å²) in [6.45, 7) is -0.0182. The number of anilines is 1. The third-order valence-corrected chi connectivity index (χ3v) is 5.61. The van der Waals surface area contributed by atoms with E-state index in [4.69, 9.17) is 16.3 Å². The Balaban J connectivity index is 1.64. The van der Waals surface area contributed by atoms with Crippen molar-refractivity contribution in [3.8, 4) is 5.75 Å². The minimum atomic E-state index is -1.14. The van der Waals surface area contributed by atoms with Crippen LogP contribution in [0.1, 0.15) is 23.3 Å². The zero-order chi connectivity index (χ0) is 18.7. The Labute approximate surface area is 160 Å². The van der Waals surface area contributed by atoms with E-state index in [0.717, 1.165) is 23.3 Å². The summed E-state index contributed by atoms with van der Waals surface area (Å²) in [6.07, 6.45) is 2.31. The number of amides is 2. The summed E-state index contributed by atoms with van der Waals surface area (Å²) in [6, 6.07) is 6.59. The maximum atomic E-state index is 12.2. The van der Waals surface area contributed by atoms with Crippen LogP contribution in [0.3, 0.4) is 0 Å². The molecule has 1 heterocycles. The van der Waals surface area contributed by atoms with Crippen molar-refractivity contribution in [1.82, 2.24) is 5.32 Å². The Kier molecular flexibility index (Phi) is 5.50. The number of methoxy groups -OCH3 is 1. The van der Waals surface area contributed by atoms with Gasteiger partial charge in [0.2, 0.25) is 0 Å². The maximum Gasteiger partial charge on any atom is 0.313 e. The van der Waals surface area contributed by atoms with Gasteiger partial charge in [-0.05, 0) is 54.5 Å². The van der Waals surface area contributed by atoms with Crippen molar-refractivity contribution in [2.24, 2.45) is 0 Å². The third kappa shape index (κ3) is 3.85. The van der Waals surface area contributed by atoms with E-state index in [1.165, 1.54) is 13.2 Å². The molecule has 2 aromatic rings. The van der Waals surface area contributed by atoms with Crippen molar-refractivity contribution < 1.29 is 19.4 Å². The lowest BCUT2D eigenvalue weighted by Gasteiger charge is -2.32. The lowest BCUT2D eigenvalue weighted by Crippen LogP contribution is -2.45. The molecule has 138 valence electrons. The van der Waals surface area contributed by atoms with Crippen molar-refractivity contribution in [3.63, 3.8) is 0 Å². The number of thiophene rings is 1. The summed E-state index contributed by atoms with van der Waals surface area (Å²) in [4.78, 5) is 25.5. The first-order valence-corrected chi connectivity index (χ1v) is 9.40. The third-order valence-electron chi connectivity index (χ3n) is 4.40. The summed E-state index contributed by atoms with van der Waals surface area (Å²) in [7, 11) is 1.45. The number of carbonyl (C=O) groups is 2. The van der Waals surface area contributed by atoms with E-state index in [1.54, 1.807) is 23.5 Å². The first kappa shape index (κ1) is 18.7. The van der Waals surface area contributed by atoms with Gasteiger partial charge in [-0.25, -0.2) is 0 Å². The highest BCUT2D eigenvalue weighted by Gasteiger charge is 2.36. The summed E-state index contributed by atoms with van der Waals surface area (Å²) >= 11 is 7.51. The van der Waals surface area contributed by atoms with Gasteiger partial charge >= 0.3 is 11.8 Å². The number of benzene rings is 1. The predicted molar refractivity (Wildman–Crippen MR) is 101 cm³/mol. The van der Waals surface area contributed by atoms with Gasteiger partial charge in [0, 0.05) is 9.90 Å². The first-order chi connectivity index (χ1) is 12.4.